The zero-order valence-electron chi connectivity index (χ0n) is 11.1. The molecule has 0 bridgehead atoms. The van der Waals surface area contributed by atoms with E-state index >= 15 is 0 Å². The van der Waals surface area contributed by atoms with Crippen LogP contribution in [0.25, 0.3) is 0 Å². The smallest absolute Gasteiger partial charge is 0.0380 e. The second-order valence-electron chi connectivity index (χ2n) is 5.52. The van der Waals surface area contributed by atoms with Crippen molar-refractivity contribution in [2.75, 3.05) is 11.4 Å². The van der Waals surface area contributed by atoms with E-state index in [1.165, 1.54) is 41.5 Å². The number of halogens is 2. The van der Waals surface area contributed by atoms with Crippen LogP contribution in [0, 0.1) is 5.92 Å². The Morgan fingerprint density at radius 2 is 2.06 bits per heavy atom. The molecule has 1 aromatic carbocycles. The molecule has 1 fully saturated rings. The van der Waals surface area contributed by atoms with E-state index in [4.69, 9.17) is 0 Å². The van der Waals surface area contributed by atoms with Crippen LogP contribution in [0.15, 0.2) is 22.7 Å². The molecule has 0 amide bonds. The van der Waals surface area contributed by atoms with Crippen molar-refractivity contribution < 1.29 is 0 Å². The number of hydrogen-bond acceptors (Lipinski definition) is 1. The predicted octanol–water partition coefficient (Wildman–Crippen LogP) is 5.36. The van der Waals surface area contributed by atoms with E-state index < -0.39 is 0 Å². The van der Waals surface area contributed by atoms with Gasteiger partial charge in [0.1, 0.15) is 0 Å². The average Bonchev–Trinajstić information content (AvgIpc) is 3.13. The van der Waals surface area contributed by atoms with Crippen molar-refractivity contribution in [3.8, 4) is 0 Å². The van der Waals surface area contributed by atoms with Crippen LogP contribution in [-0.4, -0.2) is 12.6 Å². The molecule has 0 radical (unpaired) electrons. The number of anilines is 1. The maximum atomic E-state index is 3.67. The molecular formula is C15H21Br2N. The molecule has 100 valence electrons. The summed E-state index contributed by atoms with van der Waals surface area (Å²) in [6.07, 6.45) is 3.99. The number of benzene rings is 1. The molecular weight excluding hydrogens is 354 g/mol. The average molecular weight is 375 g/mol. The first-order chi connectivity index (χ1) is 8.61. The van der Waals surface area contributed by atoms with E-state index in [1.807, 2.05) is 0 Å². The molecule has 2 rings (SSSR count). The normalized spacial score (nSPS) is 15.2. The number of nitrogens with zero attached hydrogens (tertiary/aromatic N) is 1. The minimum absolute atomic E-state index is 0.775. The Balaban J connectivity index is 2.12. The van der Waals surface area contributed by atoms with Crippen LogP contribution in [0.1, 0.15) is 38.7 Å². The lowest BCUT2D eigenvalue weighted by Crippen LogP contribution is -2.27. The Bertz CT molecular complexity index is 399. The van der Waals surface area contributed by atoms with Gasteiger partial charge in [-0.2, -0.15) is 0 Å². The molecule has 1 aliphatic carbocycles. The third kappa shape index (κ3) is 3.74. The fourth-order valence-corrected chi connectivity index (χ4v) is 3.50. The first-order valence-corrected chi connectivity index (χ1v) is 8.64. The van der Waals surface area contributed by atoms with Crippen LogP contribution >= 0.6 is 31.9 Å². The van der Waals surface area contributed by atoms with Crippen molar-refractivity contribution in [1.29, 1.82) is 0 Å². The lowest BCUT2D eigenvalue weighted by Gasteiger charge is -2.26. The van der Waals surface area contributed by atoms with Crippen molar-refractivity contribution in [3.63, 3.8) is 0 Å². The summed E-state index contributed by atoms with van der Waals surface area (Å²) in [4.78, 5) is 2.59. The zero-order chi connectivity index (χ0) is 13.1. The van der Waals surface area contributed by atoms with Gasteiger partial charge in [0.15, 0.2) is 0 Å². The maximum Gasteiger partial charge on any atom is 0.0380 e. The Morgan fingerprint density at radius 1 is 1.33 bits per heavy atom. The highest BCUT2D eigenvalue weighted by Crippen LogP contribution is 2.34. The third-order valence-corrected chi connectivity index (χ3v) is 4.79. The van der Waals surface area contributed by atoms with Crippen LogP contribution in [0.3, 0.4) is 0 Å². The minimum atomic E-state index is 0.775. The summed E-state index contributed by atoms with van der Waals surface area (Å²) in [5.41, 5.74) is 2.69. The second kappa shape index (κ2) is 6.42. The highest BCUT2D eigenvalue weighted by molar-refractivity contribution is 9.10. The van der Waals surface area contributed by atoms with Crippen molar-refractivity contribution in [2.24, 2.45) is 5.92 Å². The number of hydrogen-bond donors (Lipinski definition) is 0. The lowest BCUT2D eigenvalue weighted by atomic mass is 10.1. The van der Waals surface area contributed by atoms with Gasteiger partial charge < -0.3 is 4.90 Å². The summed E-state index contributed by atoms with van der Waals surface area (Å²) < 4.78 is 1.21. The van der Waals surface area contributed by atoms with Gasteiger partial charge in [-0.15, -0.1) is 0 Å². The molecule has 18 heavy (non-hydrogen) atoms. The van der Waals surface area contributed by atoms with E-state index in [-0.39, 0.29) is 0 Å². The van der Waals surface area contributed by atoms with Crippen LogP contribution < -0.4 is 4.90 Å². The third-order valence-electron chi connectivity index (χ3n) is 3.45. The van der Waals surface area contributed by atoms with Gasteiger partial charge in [0, 0.05) is 28.1 Å². The monoisotopic (exact) mass is 373 g/mol. The van der Waals surface area contributed by atoms with E-state index in [0.29, 0.717) is 0 Å². The van der Waals surface area contributed by atoms with Crippen molar-refractivity contribution in [3.05, 3.63) is 28.2 Å². The predicted molar refractivity (Wildman–Crippen MR) is 86.6 cm³/mol. The van der Waals surface area contributed by atoms with Gasteiger partial charge in [0.25, 0.3) is 0 Å². The molecule has 3 heteroatoms. The topological polar surface area (TPSA) is 3.24 Å². The Hall–Kier alpha value is -0.0200. The summed E-state index contributed by atoms with van der Waals surface area (Å²) in [5, 5.41) is 0.906. The molecule has 1 aliphatic rings. The zero-order valence-corrected chi connectivity index (χ0v) is 14.3. The van der Waals surface area contributed by atoms with Gasteiger partial charge in [-0.25, -0.2) is 0 Å². The molecule has 0 spiro atoms. The van der Waals surface area contributed by atoms with E-state index in [1.54, 1.807) is 0 Å². The molecule has 0 heterocycles. The van der Waals surface area contributed by atoms with Gasteiger partial charge in [-0.1, -0.05) is 51.8 Å². The molecule has 1 nitrogen and oxygen atoms in total. The van der Waals surface area contributed by atoms with Crippen LogP contribution in [0.4, 0.5) is 5.69 Å². The summed E-state index contributed by atoms with van der Waals surface area (Å²) in [6, 6.07) is 7.54. The van der Waals surface area contributed by atoms with Crippen molar-refractivity contribution in [2.45, 2.75) is 44.5 Å². The summed E-state index contributed by atoms with van der Waals surface area (Å²) in [7, 11) is 0. The Labute approximate surface area is 127 Å². The number of alkyl halides is 1. The molecule has 1 aromatic rings. The lowest BCUT2D eigenvalue weighted by molar-refractivity contribution is 0.570. The first kappa shape index (κ1) is 14.4. The van der Waals surface area contributed by atoms with Gasteiger partial charge in [0.2, 0.25) is 0 Å². The van der Waals surface area contributed by atoms with Gasteiger partial charge in [-0.3, -0.25) is 0 Å². The first-order valence-electron chi connectivity index (χ1n) is 6.73. The van der Waals surface area contributed by atoms with E-state index in [2.05, 4.69) is 68.8 Å². The molecule has 0 unspecified atom stereocenters. The van der Waals surface area contributed by atoms with Gasteiger partial charge in [0.05, 0.1) is 0 Å². The fourth-order valence-electron chi connectivity index (χ4n) is 2.13. The SMILES string of the molecule is CC(C)CCN(c1ccc(CBr)c(Br)c1)C1CC1. The van der Waals surface area contributed by atoms with Crippen LogP contribution in [-0.2, 0) is 5.33 Å². The molecule has 0 atom stereocenters. The van der Waals surface area contributed by atoms with E-state index in [0.717, 1.165) is 17.3 Å². The Kier molecular flexibility index (Phi) is 5.14. The summed E-state index contributed by atoms with van der Waals surface area (Å²) in [5.74, 6) is 0.775. The van der Waals surface area contributed by atoms with Crippen molar-refractivity contribution in [1.82, 2.24) is 0 Å². The Morgan fingerprint density at radius 3 is 2.56 bits per heavy atom. The van der Waals surface area contributed by atoms with Crippen LogP contribution in [0.5, 0.6) is 0 Å². The molecule has 0 N–H and O–H groups in total. The standard InChI is InChI=1S/C15H21Br2N/c1-11(2)7-8-18(13-5-6-13)14-4-3-12(10-16)15(17)9-14/h3-4,9,11,13H,5-8,10H2,1-2H3. The summed E-state index contributed by atoms with van der Waals surface area (Å²) in [6.45, 7) is 5.78. The second-order valence-corrected chi connectivity index (χ2v) is 6.93. The van der Waals surface area contributed by atoms with Gasteiger partial charge in [-0.05, 0) is 42.9 Å². The molecule has 1 saturated carbocycles. The van der Waals surface area contributed by atoms with E-state index in [9.17, 15) is 0 Å². The summed E-state index contributed by atoms with van der Waals surface area (Å²) >= 11 is 7.19. The minimum Gasteiger partial charge on any atom is -0.369 e. The highest BCUT2D eigenvalue weighted by Gasteiger charge is 2.29. The van der Waals surface area contributed by atoms with Gasteiger partial charge >= 0.3 is 0 Å². The largest absolute Gasteiger partial charge is 0.369 e. The number of rotatable bonds is 6. The fraction of sp³-hybridized carbons (Fsp3) is 0.600. The molecule has 0 saturated heterocycles. The molecule has 0 aromatic heterocycles. The van der Waals surface area contributed by atoms with Crippen molar-refractivity contribution >= 4 is 37.5 Å². The maximum absolute atomic E-state index is 3.67. The quantitative estimate of drug-likeness (QED) is 0.606. The van der Waals surface area contributed by atoms with Crippen LogP contribution in [0.2, 0.25) is 0 Å². The highest BCUT2D eigenvalue weighted by atomic mass is 79.9. The molecule has 0 aliphatic heterocycles.